The number of carboxylic acids is 1. The minimum Gasteiger partial charge on any atom is -0.480 e. The fourth-order valence-corrected chi connectivity index (χ4v) is 5.29. The van der Waals surface area contributed by atoms with E-state index in [-0.39, 0.29) is 31.4 Å². The van der Waals surface area contributed by atoms with Crippen LogP contribution in [0.1, 0.15) is 156 Å². The summed E-state index contributed by atoms with van der Waals surface area (Å²) >= 11 is 0. The number of amides is 2. The van der Waals surface area contributed by atoms with Crippen molar-refractivity contribution in [2.75, 3.05) is 45.8 Å². The molecule has 0 aromatic heterocycles. The van der Waals surface area contributed by atoms with E-state index in [0.717, 1.165) is 51.4 Å². The number of carbonyl (C=O) groups excluding carboxylic acids is 2. The highest BCUT2D eigenvalue weighted by Crippen LogP contribution is 2.11. The van der Waals surface area contributed by atoms with Crippen molar-refractivity contribution in [2.45, 2.75) is 156 Å². The topological polar surface area (TPSA) is 81.2 Å². The molecule has 0 unspecified atom stereocenters. The second kappa shape index (κ2) is 28.5. The molecule has 0 atom stereocenters. The first-order chi connectivity index (χ1) is 19.9. The van der Waals surface area contributed by atoms with Crippen LogP contribution in [0.5, 0.6) is 0 Å². The van der Waals surface area contributed by atoms with Gasteiger partial charge in [0.1, 0.15) is 0 Å². The summed E-state index contributed by atoms with van der Waals surface area (Å²) in [4.78, 5) is 44.0. The van der Waals surface area contributed by atoms with Crippen LogP contribution in [-0.2, 0) is 14.4 Å². The average Bonchev–Trinajstić information content (AvgIpc) is 2.94. The fraction of sp³-hybridized carbons (Fsp3) is 0.912. The van der Waals surface area contributed by atoms with E-state index in [4.69, 9.17) is 0 Å². The highest BCUT2D eigenvalue weighted by molar-refractivity contribution is 5.82. The third-order valence-electron chi connectivity index (χ3n) is 7.91. The maximum absolute atomic E-state index is 13.4. The molecular weight excluding hydrogens is 514 g/mol. The van der Waals surface area contributed by atoms with Crippen LogP contribution in [0.25, 0.3) is 0 Å². The molecule has 0 aliphatic rings. The Morgan fingerprint density at radius 1 is 0.415 bits per heavy atom. The Bertz CT molecular complexity index is 569. The summed E-state index contributed by atoms with van der Waals surface area (Å²) < 4.78 is 0. The molecule has 41 heavy (non-hydrogen) atoms. The molecule has 0 aliphatic carbocycles. The van der Waals surface area contributed by atoms with Gasteiger partial charge in [-0.1, -0.05) is 130 Å². The number of rotatable bonds is 30. The monoisotopic (exact) mass is 582 g/mol. The zero-order chi connectivity index (χ0) is 30.6. The number of unbranched alkanes of at least 4 members (excludes halogenated alkanes) is 16. The normalized spacial score (nSPS) is 11.2. The van der Waals surface area contributed by atoms with Crippen LogP contribution in [0.4, 0.5) is 0 Å². The van der Waals surface area contributed by atoms with Crippen LogP contribution in [-0.4, -0.2) is 83.4 Å². The molecule has 2 amide bonds. The first-order valence-corrected chi connectivity index (χ1v) is 17.4. The number of carboxylic acid groups (broad SMARTS) is 1. The molecule has 0 saturated carbocycles. The smallest absolute Gasteiger partial charge is 0.317 e. The van der Waals surface area contributed by atoms with Crippen molar-refractivity contribution in [3.8, 4) is 0 Å². The van der Waals surface area contributed by atoms with Crippen LogP contribution in [0, 0.1) is 0 Å². The molecule has 0 rings (SSSR count). The van der Waals surface area contributed by atoms with Gasteiger partial charge < -0.3 is 14.9 Å². The van der Waals surface area contributed by atoms with Gasteiger partial charge in [-0.15, -0.1) is 0 Å². The second-order valence-electron chi connectivity index (χ2n) is 12.0. The van der Waals surface area contributed by atoms with E-state index in [1.807, 2.05) is 9.80 Å². The summed E-state index contributed by atoms with van der Waals surface area (Å²) in [5.41, 5.74) is 0. The van der Waals surface area contributed by atoms with E-state index >= 15 is 0 Å². The summed E-state index contributed by atoms with van der Waals surface area (Å²) in [5, 5.41) is 9.59. The van der Waals surface area contributed by atoms with Gasteiger partial charge in [-0.05, 0) is 25.7 Å². The van der Waals surface area contributed by atoms with Crippen LogP contribution in [0.2, 0.25) is 0 Å². The number of carbonyl (C=O) groups is 3. The Kier molecular flexibility index (Phi) is 27.4. The Labute approximate surface area is 253 Å². The number of aliphatic carboxylic acids is 1. The van der Waals surface area contributed by atoms with E-state index in [0.29, 0.717) is 26.2 Å². The third kappa shape index (κ3) is 23.6. The Hall–Kier alpha value is -1.63. The molecule has 0 aliphatic heterocycles. The molecule has 0 aromatic carbocycles. The van der Waals surface area contributed by atoms with E-state index < -0.39 is 5.97 Å². The Balaban J connectivity index is 5.25. The molecule has 0 spiro atoms. The summed E-state index contributed by atoms with van der Waals surface area (Å²) in [5.74, 6) is -1.09. The highest BCUT2D eigenvalue weighted by atomic mass is 16.4. The molecule has 0 radical (unpaired) electrons. The maximum atomic E-state index is 13.4. The van der Waals surface area contributed by atoms with Crippen molar-refractivity contribution in [3.05, 3.63) is 0 Å². The predicted molar refractivity (Wildman–Crippen MR) is 172 cm³/mol. The Morgan fingerprint density at radius 3 is 0.927 bits per heavy atom. The van der Waals surface area contributed by atoms with Crippen molar-refractivity contribution < 1.29 is 19.5 Å². The van der Waals surface area contributed by atoms with E-state index in [9.17, 15) is 19.5 Å². The molecule has 242 valence electrons. The minimum atomic E-state index is -0.998. The molecule has 0 saturated heterocycles. The summed E-state index contributed by atoms with van der Waals surface area (Å²) in [7, 11) is 0. The van der Waals surface area contributed by atoms with Gasteiger partial charge in [0, 0.05) is 26.2 Å². The van der Waals surface area contributed by atoms with E-state index in [2.05, 4.69) is 27.7 Å². The van der Waals surface area contributed by atoms with Gasteiger partial charge in [-0.25, -0.2) is 0 Å². The van der Waals surface area contributed by atoms with Crippen LogP contribution in [0.3, 0.4) is 0 Å². The maximum Gasteiger partial charge on any atom is 0.317 e. The van der Waals surface area contributed by atoms with Crippen molar-refractivity contribution in [1.29, 1.82) is 0 Å². The average molecular weight is 582 g/mol. The first kappa shape index (κ1) is 39.4. The Morgan fingerprint density at radius 2 is 0.683 bits per heavy atom. The van der Waals surface area contributed by atoms with Gasteiger partial charge >= 0.3 is 5.97 Å². The summed E-state index contributed by atoms with van der Waals surface area (Å²) in [6, 6.07) is 0. The SMILES string of the molecule is CCCCCCCN(CCCCCCC)C(=O)CN(CC(=O)O)CC(=O)N(CCCCCCC)CCCCCCC. The second-order valence-corrected chi connectivity index (χ2v) is 12.0. The van der Waals surface area contributed by atoms with Crippen LogP contribution < -0.4 is 0 Å². The lowest BCUT2D eigenvalue weighted by molar-refractivity contribution is -0.141. The van der Waals surface area contributed by atoms with Gasteiger partial charge in [0.2, 0.25) is 11.8 Å². The van der Waals surface area contributed by atoms with Gasteiger partial charge in [0.05, 0.1) is 19.6 Å². The molecular formula is C34H67N3O4. The van der Waals surface area contributed by atoms with E-state index in [1.165, 1.54) is 77.0 Å². The lowest BCUT2D eigenvalue weighted by Crippen LogP contribution is -2.47. The number of hydrogen-bond acceptors (Lipinski definition) is 4. The standard InChI is InChI=1S/C34H67N3O4/c1-5-9-13-17-21-25-36(26-22-18-14-10-6-2)32(38)29-35(31-34(40)41)30-33(39)37(27-23-19-15-11-7-3)28-24-20-16-12-8-4/h5-31H2,1-4H3,(H,40,41). The van der Waals surface area contributed by atoms with Crippen molar-refractivity contribution >= 4 is 17.8 Å². The van der Waals surface area contributed by atoms with Gasteiger partial charge in [-0.2, -0.15) is 0 Å². The quantitative estimate of drug-likeness (QED) is 0.0872. The molecule has 1 N–H and O–H groups in total. The fourth-order valence-electron chi connectivity index (χ4n) is 5.29. The largest absolute Gasteiger partial charge is 0.480 e. The van der Waals surface area contributed by atoms with Gasteiger partial charge in [0.25, 0.3) is 0 Å². The minimum absolute atomic E-state index is 0.0111. The summed E-state index contributed by atoms with van der Waals surface area (Å²) in [6.07, 6.45) is 22.7. The van der Waals surface area contributed by atoms with Crippen molar-refractivity contribution in [1.82, 2.24) is 14.7 Å². The molecule has 0 aromatic rings. The lowest BCUT2D eigenvalue weighted by atomic mass is 10.1. The number of hydrogen-bond donors (Lipinski definition) is 1. The predicted octanol–water partition coefficient (Wildman–Crippen LogP) is 7.91. The van der Waals surface area contributed by atoms with Gasteiger partial charge in [-0.3, -0.25) is 19.3 Å². The molecule has 7 heteroatoms. The van der Waals surface area contributed by atoms with Gasteiger partial charge in [0.15, 0.2) is 0 Å². The molecule has 7 nitrogen and oxygen atoms in total. The highest BCUT2D eigenvalue weighted by Gasteiger charge is 2.23. The summed E-state index contributed by atoms with van der Waals surface area (Å²) in [6.45, 7) is 11.3. The zero-order valence-corrected chi connectivity index (χ0v) is 27.6. The van der Waals surface area contributed by atoms with Crippen molar-refractivity contribution in [3.63, 3.8) is 0 Å². The molecule has 0 fully saturated rings. The molecule has 0 heterocycles. The van der Waals surface area contributed by atoms with Crippen LogP contribution >= 0.6 is 0 Å². The molecule has 0 bridgehead atoms. The van der Waals surface area contributed by atoms with Crippen molar-refractivity contribution in [2.24, 2.45) is 0 Å². The zero-order valence-electron chi connectivity index (χ0n) is 27.6. The first-order valence-electron chi connectivity index (χ1n) is 17.4. The van der Waals surface area contributed by atoms with Crippen LogP contribution in [0.15, 0.2) is 0 Å². The van der Waals surface area contributed by atoms with E-state index in [1.54, 1.807) is 4.90 Å². The number of nitrogens with zero attached hydrogens (tertiary/aromatic N) is 3. The third-order valence-corrected chi connectivity index (χ3v) is 7.91. The lowest BCUT2D eigenvalue weighted by Gasteiger charge is -2.29.